The standard InChI is InChI=1S/C15H12N2OTe/c18-19-14(12-4-8-16-9-5-12)2-1-3-15(19)13-6-10-17-11-7-13/h1-11,14H. The summed E-state index contributed by atoms with van der Waals surface area (Å²) < 4.78 is 13.8. The molecule has 0 saturated heterocycles. The molecule has 19 heavy (non-hydrogen) atoms. The van der Waals surface area contributed by atoms with Gasteiger partial charge in [-0.3, -0.25) is 0 Å². The fourth-order valence-electron chi connectivity index (χ4n) is 2.04. The van der Waals surface area contributed by atoms with Gasteiger partial charge in [0.2, 0.25) is 0 Å². The van der Waals surface area contributed by atoms with Crippen LogP contribution in [0.1, 0.15) is 15.1 Å². The third-order valence-electron chi connectivity index (χ3n) is 2.98. The first-order chi connectivity index (χ1) is 9.36. The van der Waals surface area contributed by atoms with Gasteiger partial charge in [0, 0.05) is 0 Å². The van der Waals surface area contributed by atoms with Crippen LogP contribution in [-0.2, 0) is 3.10 Å². The Kier molecular flexibility index (Phi) is 3.63. The molecule has 0 N–H and O–H groups in total. The SMILES string of the molecule is O=[Te]1C(c2ccncc2)=CC=CC1c1ccncc1. The van der Waals surface area contributed by atoms with Crippen LogP contribution in [0.15, 0.2) is 67.3 Å². The molecule has 1 aliphatic heterocycles. The molecule has 2 aromatic heterocycles. The summed E-state index contributed by atoms with van der Waals surface area (Å²) >= 11 is -2.65. The van der Waals surface area contributed by atoms with Crippen LogP contribution in [0.5, 0.6) is 0 Å². The molecule has 4 heteroatoms. The third kappa shape index (κ3) is 2.56. The van der Waals surface area contributed by atoms with E-state index in [0.717, 1.165) is 14.7 Å². The molecular formula is C15H12N2OTe. The summed E-state index contributed by atoms with van der Waals surface area (Å²) in [6, 6.07) is 7.72. The summed E-state index contributed by atoms with van der Waals surface area (Å²) in [4.78, 5) is 8.02. The molecule has 0 saturated carbocycles. The first-order valence-electron chi connectivity index (χ1n) is 5.95. The van der Waals surface area contributed by atoms with Crippen LogP contribution in [-0.4, -0.2) is 29.5 Å². The number of pyridine rings is 2. The average Bonchev–Trinajstić information content (AvgIpc) is 2.49. The molecule has 3 heterocycles. The van der Waals surface area contributed by atoms with Gasteiger partial charge in [-0.05, 0) is 0 Å². The molecule has 0 amide bonds. The van der Waals surface area contributed by atoms with Crippen LogP contribution < -0.4 is 0 Å². The Balaban J connectivity index is 1.97. The van der Waals surface area contributed by atoms with Crippen molar-refractivity contribution in [3.05, 3.63) is 78.4 Å². The van der Waals surface area contributed by atoms with Crippen molar-refractivity contribution in [3.63, 3.8) is 0 Å². The van der Waals surface area contributed by atoms with Crippen molar-refractivity contribution < 1.29 is 3.10 Å². The third-order valence-corrected chi connectivity index (χ3v) is 7.82. The summed E-state index contributed by atoms with van der Waals surface area (Å²) in [7, 11) is 0. The summed E-state index contributed by atoms with van der Waals surface area (Å²) in [5.41, 5.74) is 2.10. The fraction of sp³-hybridized carbons (Fsp3) is 0.0667. The van der Waals surface area contributed by atoms with Crippen LogP contribution in [0.2, 0.25) is 0 Å². The van der Waals surface area contributed by atoms with E-state index in [1.807, 2.05) is 42.5 Å². The molecule has 3 rings (SSSR count). The zero-order valence-corrected chi connectivity index (χ0v) is 12.5. The number of rotatable bonds is 2. The van der Waals surface area contributed by atoms with Crippen LogP contribution in [0.3, 0.4) is 0 Å². The molecular weight excluding hydrogens is 352 g/mol. The summed E-state index contributed by atoms with van der Waals surface area (Å²) in [6.45, 7) is 0. The Bertz CT molecular complexity index is 650. The predicted molar refractivity (Wildman–Crippen MR) is 74.8 cm³/mol. The quantitative estimate of drug-likeness (QED) is 0.770. The molecule has 0 aromatic carbocycles. The monoisotopic (exact) mass is 366 g/mol. The first kappa shape index (κ1) is 12.4. The van der Waals surface area contributed by atoms with Crippen molar-refractivity contribution in [2.45, 2.75) is 3.97 Å². The number of aromatic nitrogens is 2. The van der Waals surface area contributed by atoms with Gasteiger partial charge in [-0.1, -0.05) is 0 Å². The molecule has 3 nitrogen and oxygen atoms in total. The number of hydrogen-bond acceptors (Lipinski definition) is 3. The van der Waals surface area contributed by atoms with Gasteiger partial charge in [0.1, 0.15) is 0 Å². The van der Waals surface area contributed by atoms with Crippen LogP contribution in [0.4, 0.5) is 0 Å². The van der Waals surface area contributed by atoms with Gasteiger partial charge in [0.05, 0.1) is 0 Å². The van der Waals surface area contributed by atoms with Crippen LogP contribution in [0, 0.1) is 0 Å². The zero-order chi connectivity index (χ0) is 13.1. The normalized spacial score (nSPS) is 19.2. The summed E-state index contributed by atoms with van der Waals surface area (Å²) in [5.74, 6) is 0. The van der Waals surface area contributed by atoms with Gasteiger partial charge in [0.15, 0.2) is 0 Å². The summed E-state index contributed by atoms with van der Waals surface area (Å²) in [6.07, 6.45) is 13.0. The fourth-order valence-corrected chi connectivity index (χ4v) is 6.29. The molecule has 1 aliphatic rings. The molecule has 0 spiro atoms. The van der Waals surface area contributed by atoms with Crippen LogP contribution >= 0.6 is 0 Å². The number of nitrogens with zero attached hydrogens (tertiary/aromatic N) is 2. The van der Waals surface area contributed by atoms with Crippen molar-refractivity contribution >= 4 is 23.2 Å². The van der Waals surface area contributed by atoms with Gasteiger partial charge in [-0.2, -0.15) is 0 Å². The van der Waals surface area contributed by atoms with E-state index in [0.29, 0.717) is 0 Å². The second kappa shape index (κ2) is 5.56. The Morgan fingerprint density at radius 3 is 2.26 bits per heavy atom. The van der Waals surface area contributed by atoms with Gasteiger partial charge >= 0.3 is 119 Å². The molecule has 2 aromatic rings. The first-order valence-corrected chi connectivity index (χ1v) is 9.42. The minimum atomic E-state index is -2.65. The van der Waals surface area contributed by atoms with E-state index in [9.17, 15) is 3.10 Å². The van der Waals surface area contributed by atoms with E-state index in [2.05, 4.69) is 9.97 Å². The Hall–Kier alpha value is -1.63. The van der Waals surface area contributed by atoms with Crippen molar-refractivity contribution in [1.29, 1.82) is 0 Å². The van der Waals surface area contributed by atoms with Gasteiger partial charge in [-0.15, -0.1) is 0 Å². The second-order valence-electron chi connectivity index (χ2n) is 4.15. The minimum absolute atomic E-state index is 0.0276. The van der Waals surface area contributed by atoms with E-state index in [-0.39, 0.29) is 3.97 Å². The van der Waals surface area contributed by atoms with Crippen molar-refractivity contribution in [3.8, 4) is 0 Å². The average molecular weight is 364 g/mol. The van der Waals surface area contributed by atoms with Gasteiger partial charge in [-0.25, -0.2) is 0 Å². The molecule has 1 unspecified atom stereocenters. The van der Waals surface area contributed by atoms with E-state index in [4.69, 9.17) is 0 Å². The Morgan fingerprint density at radius 2 is 1.58 bits per heavy atom. The van der Waals surface area contributed by atoms with E-state index in [1.165, 1.54) is 0 Å². The molecule has 0 aliphatic carbocycles. The van der Waals surface area contributed by atoms with Crippen molar-refractivity contribution in [1.82, 2.24) is 9.97 Å². The van der Waals surface area contributed by atoms with E-state index >= 15 is 0 Å². The predicted octanol–water partition coefficient (Wildman–Crippen LogP) is 2.71. The van der Waals surface area contributed by atoms with E-state index < -0.39 is 19.5 Å². The van der Waals surface area contributed by atoms with Gasteiger partial charge < -0.3 is 0 Å². The molecule has 94 valence electrons. The van der Waals surface area contributed by atoms with Crippen molar-refractivity contribution in [2.24, 2.45) is 0 Å². The Morgan fingerprint density at radius 1 is 0.947 bits per heavy atom. The molecule has 0 radical (unpaired) electrons. The number of hydrogen-bond donors (Lipinski definition) is 0. The second-order valence-corrected chi connectivity index (χ2v) is 8.55. The van der Waals surface area contributed by atoms with Crippen molar-refractivity contribution in [2.75, 3.05) is 0 Å². The zero-order valence-electron chi connectivity index (χ0n) is 10.1. The topological polar surface area (TPSA) is 42.9 Å². The molecule has 0 fully saturated rings. The Labute approximate surface area is 118 Å². The summed E-state index contributed by atoms with van der Waals surface area (Å²) in [5, 5.41) is 0. The van der Waals surface area contributed by atoms with Gasteiger partial charge in [0.25, 0.3) is 0 Å². The van der Waals surface area contributed by atoms with Crippen LogP contribution in [0.25, 0.3) is 3.62 Å². The maximum atomic E-state index is 12.8. The molecule has 1 atom stereocenters. The maximum absolute atomic E-state index is 12.8. The molecule has 0 bridgehead atoms. The number of allylic oxidation sites excluding steroid dienone is 3. The van der Waals surface area contributed by atoms with E-state index in [1.54, 1.807) is 24.8 Å².